The molecule has 0 radical (unpaired) electrons. The van der Waals surface area contributed by atoms with Gasteiger partial charge in [0.1, 0.15) is 5.75 Å². The van der Waals surface area contributed by atoms with Crippen molar-refractivity contribution in [2.75, 3.05) is 13.7 Å². The molecule has 0 saturated heterocycles. The van der Waals surface area contributed by atoms with Crippen LogP contribution in [0.4, 0.5) is 0 Å². The highest BCUT2D eigenvalue weighted by molar-refractivity contribution is 5.89. The van der Waals surface area contributed by atoms with E-state index in [0.29, 0.717) is 55.2 Å². The summed E-state index contributed by atoms with van der Waals surface area (Å²) in [5.41, 5.74) is 17.2. The maximum absolute atomic E-state index is 13.4. The average molecular weight is 904 g/mol. The largest absolute Gasteiger partial charge is 0.508 e. The van der Waals surface area contributed by atoms with Crippen molar-refractivity contribution < 1.29 is 24.5 Å². The molecule has 354 valence electrons. The number of carbonyl (C=O) groups excluding carboxylic acids is 1. The number of aromatic hydroxyl groups is 2. The second-order valence-corrected chi connectivity index (χ2v) is 21.7. The molecule has 0 aromatic heterocycles. The van der Waals surface area contributed by atoms with E-state index in [9.17, 15) is 15.0 Å². The number of ketones is 1. The number of benzene rings is 3. The summed E-state index contributed by atoms with van der Waals surface area (Å²) in [5, 5.41) is 28.5. The second-order valence-electron chi connectivity index (χ2n) is 21.7. The van der Waals surface area contributed by atoms with Gasteiger partial charge < -0.3 is 30.7 Å². The number of nitrogens with zero attached hydrogens (tertiary/aromatic N) is 1. The normalized spacial score (nSPS) is 30.0. The third-order valence-electron chi connectivity index (χ3n) is 17.1. The monoisotopic (exact) mass is 904 g/mol. The molecule has 3 fully saturated rings. The maximum atomic E-state index is 13.4. The lowest BCUT2D eigenvalue weighted by Crippen LogP contribution is -2.57. The molecular weight excluding hydrogens is 831 g/mol. The van der Waals surface area contributed by atoms with Crippen molar-refractivity contribution in [2.45, 2.75) is 165 Å². The van der Waals surface area contributed by atoms with Crippen molar-refractivity contribution in [3.05, 3.63) is 111 Å². The first-order chi connectivity index (χ1) is 32.6. The van der Waals surface area contributed by atoms with Crippen molar-refractivity contribution in [2.24, 2.45) is 40.3 Å². The number of guanidine groups is 1. The molecule has 1 spiro atoms. The van der Waals surface area contributed by atoms with E-state index in [1.807, 2.05) is 24.3 Å². The van der Waals surface area contributed by atoms with Crippen LogP contribution in [-0.2, 0) is 34.3 Å². The van der Waals surface area contributed by atoms with Gasteiger partial charge in [0.2, 0.25) is 0 Å². The van der Waals surface area contributed by atoms with E-state index in [1.165, 1.54) is 28.7 Å². The van der Waals surface area contributed by atoms with Crippen molar-refractivity contribution in [1.82, 2.24) is 5.32 Å². The minimum Gasteiger partial charge on any atom is -0.508 e. The molecule has 8 heteroatoms. The van der Waals surface area contributed by atoms with Gasteiger partial charge in [-0.15, -0.1) is 0 Å². The minimum atomic E-state index is -0.309. The number of carbonyl (C=O) groups is 1. The fourth-order valence-corrected chi connectivity index (χ4v) is 14.2. The molecule has 1 heterocycles. The van der Waals surface area contributed by atoms with Gasteiger partial charge in [-0.3, -0.25) is 4.79 Å². The third kappa shape index (κ3) is 9.19. The first-order valence-corrected chi connectivity index (χ1v) is 26.1. The highest BCUT2D eigenvalue weighted by Gasteiger charge is 2.50. The molecular formula is C59H73N3O5. The molecule has 8 bridgehead atoms. The van der Waals surface area contributed by atoms with Gasteiger partial charge in [-0.05, 0) is 177 Å². The van der Waals surface area contributed by atoms with Crippen LogP contribution < -0.4 is 15.8 Å². The smallest absolute Gasteiger partial charge is 0.189 e. The number of hydrogen-bond acceptors (Lipinski definition) is 8. The van der Waals surface area contributed by atoms with Gasteiger partial charge in [0, 0.05) is 42.9 Å². The van der Waals surface area contributed by atoms with Crippen molar-refractivity contribution in [3.63, 3.8) is 0 Å². The summed E-state index contributed by atoms with van der Waals surface area (Å²) in [6.07, 6.45) is 23.7. The number of hydrogen-bond donors (Lipinski definition) is 4. The van der Waals surface area contributed by atoms with Crippen LogP contribution in [0.25, 0.3) is 0 Å². The van der Waals surface area contributed by atoms with E-state index in [4.69, 9.17) is 20.2 Å². The maximum Gasteiger partial charge on any atom is 0.189 e. The molecule has 5 N–H and O–H groups in total. The second kappa shape index (κ2) is 19.5. The zero-order valence-electron chi connectivity index (χ0n) is 40.3. The Morgan fingerprint density at radius 3 is 2.70 bits per heavy atom. The Balaban J connectivity index is 1.19. The standard InChI is InChI=1S/C59H73N3O5/c1-4-5-6-14-45(63)23-21-40-34-54(67-47-15-7-8-16-47)57(65)56-48(40)17-11-13-44-31-42-33-50-49(25-36(2)26-51(50)55(56)52(42)35-66-3)41-28-38(29-46(64)32-41)27-37-18-19-39-20-22-43-12-9-10-24-59(43,53(39)30-37)62-58(60)61-44/h6,14,18-19,28-30,32-34,36,42-44,47,49,51-52,55,64-65H,4-5,7-10,12-13,15-16,20-27,31,35H2,1-3H3,(H3,60,61,62). The number of ether oxygens (including phenoxy) is 2. The van der Waals surface area contributed by atoms with Gasteiger partial charge in [-0.2, -0.15) is 0 Å². The summed E-state index contributed by atoms with van der Waals surface area (Å²) in [6, 6.07) is 15.2. The summed E-state index contributed by atoms with van der Waals surface area (Å²) < 4.78 is 13.1. The highest BCUT2D eigenvalue weighted by atomic mass is 16.5. The zero-order chi connectivity index (χ0) is 46.2. The summed E-state index contributed by atoms with van der Waals surface area (Å²) in [6.45, 7) is 4.98. The van der Waals surface area contributed by atoms with Gasteiger partial charge in [0.05, 0.1) is 24.3 Å². The molecule has 3 aromatic rings. The molecule has 1 aliphatic heterocycles. The lowest BCUT2D eigenvalue weighted by atomic mass is 9.55. The van der Waals surface area contributed by atoms with Crippen LogP contribution in [0.15, 0.2) is 71.3 Å². The van der Waals surface area contributed by atoms with E-state index in [2.05, 4.69) is 61.3 Å². The van der Waals surface area contributed by atoms with Crippen molar-refractivity contribution in [3.8, 4) is 29.1 Å². The average Bonchev–Trinajstić information content (AvgIpc) is 3.82. The fourth-order valence-electron chi connectivity index (χ4n) is 14.2. The molecule has 3 saturated carbocycles. The zero-order valence-corrected chi connectivity index (χ0v) is 40.3. The number of methoxy groups -OCH3 is 1. The lowest BCUT2D eigenvalue weighted by Gasteiger charge is -2.50. The molecule has 9 atom stereocenters. The van der Waals surface area contributed by atoms with E-state index < -0.39 is 0 Å². The number of fused-ring (bicyclic) bond motifs is 9. The Kier molecular flexibility index (Phi) is 13.3. The predicted octanol–water partition coefficient (Wildman–Crippen LogP) is 11.4. The Morgan fingerprint density at radius 1 is 1.01 bits per heavy atom. The molecule has 0 amide bonds. The molecule has 3 aromatic carbocycles. The fraction of sp³-hybridized carbons (Fsp3) is 0.559. The number of nitrogens with two attached hydrogens (primary N) is 1. The quantitative estimate of drug-likeness (QED) is 0.0907. The summed E-state index contributed by atoms with van der Waals surface area (Å²) in [4.78, 5) is 18.9. The summed E-state index contributed by atoms with van der Waals surface area (Å²) in [7, 11) is 1.80. The predicted molar refractivity (Wildman–Crippen MR) is 267 cm³/mol. The van der Waals surface area contributed by atoms with E-state index in [0.717, 1.165) is 124 Å². The van der Waals surface area contributed by atoms with Gasteiger partial charge in [0.25, 0.3) is 0 Å². The molecule has 10 rings (SSSR count). The van der Waals surface area contributed by atoms with Gasteiger partial charge in [-0.1, -0.05) is 86.9 Å². The van der Waals surface area contributed by atoms with Crippen LogP contribution >= 0.6 is 0 Å². The number of aliphatic imine (C=N–C) groups is 1. The minimum absolute atomic E-state index is 0.0140. The van der Waals surface area contributed by atoms with Crippen LogP contribution in [0, 0.1) is 41.4 Å². The number of allylic oxidation sites excluding steroid dienone is 4. The van der Waals surface area contributed by atoms with Crippen molar-refractivity contribution in [1.29, 1.82) is 0 Å². The molecule has 6 aliphatic carbocycles. The van der Waals surface area contributed by atoms with E-state index >= 15 is 0 Å². The van der Waals surface area contributed by atoms with Gasteiger partial charge in [0.15, 0.2) is 23.2 Å². The van der Waals surface area contributed by atoms with Crippen LogP contribution in [0.3, 0.4) is 0 Å². The van der Waals surface area contributed by atoms with Gasteiger partial charge >= 0.3 is 0 Å². The van der Waals surface area contributed by atoms with Crippen molar-refractivity contribution >= 4 is 11.7 Å². The van der Waals surface area contributed by atoms with Crippen LogP contribution in [0.2, 0.25) is 0 Å². The van der Waals surface area contributed by atoms with Crippen LogP contribution in [-0.4, -0.2) is 47.8 Å². The number of phenolic OH excluding ortho intramolecular Hbond substituents is 2. The molecule has 7 aliphatic rings. The molecule has 8 nitrogen and oxygen atoms in total. The molecule has 67 heavy (non-hydrogen) atoms. The SMILES string of the molecule is CCCC=CC(=O)CCc1cc(OC2CCCC2)c(O)c2c1C#CCC1CC3C=C4C(CC(C)CC4C2C3COC)c2cc(O)cc(c2)Cc2ccc3c(c2)C2(CCCCC2CC3)NC(N)=N1. The Labute approximate surface area is 399 Å². The first-order valence-electron chi connectivity index (χ1n) is 26.1. The topological polar surface area (TPSA) is 126 Å². The van der Waals surface area contributed by atoms with E-state index in [1.54, 1.807) is 13.2 Å². The summed E-state index contributed by atoms with van der Waals surface area (Å²) in [5.74, 6) is 9.71. The van der Waals surface area contributed by atoms with Crippen LogP contribution in [0.5, 0.6) is 17.2 Å². The summed E-state index contributed by atoms with van der Waals surface area (Å²) >= 11 is 0. The number of rotatable bonds is 10. The van der Waals surface area contributed by atoms with Crippen LogP contribution in [0.1, 0.15) is 173 Å². The first kappa shape index (κ1) is 45.8. The Morgan fingerprint density at radius 2 is 1.87 bits per heavy atom. The highest BCUT2D eigenvalue weighted by Crippen LogP contribution is 2.60. The lowest BCUT2D eigenvalue weighted by molar-refractivity contribution is -0.114. The third-order valence-corrected chi connectivity index (χ3v) is 17.1. The molecule has 9 unspecified atom stereocenters. The number of aryl methyl sites for hydroxylation is 2. The Bertz CT molecular complexity index is 2500. The number of nitrogens with one attached hydrogen (secondary N) is 1. The van der Waals surface area contributed by atoms with E-state index in [-0.39, 0.29) is 58.8 Å². The Hall–Kier alpha value is -5.00. The van der Waals surface area contributed by atoms with Gasteiger partial charge in [-0.25, -0.2) is 4.99 Å². The number of unbranched alkanes of at least 4 members (excludes halogenated alkanes) is 1. The number of phenols is 2.